The summed E-state index contributed by atoms with van der Waals surface area (Å²) in [5.74, 6) is 0. The lowest BCUT2D eigenvalue weighted by Gasteiger charge is -2.38. The zero-order chi connectivity index (χ0) is 28.6. The normalized spacial score (nSPS) is 38.3. The summed E-state index contributed by atoms with van der Waals surface area (Å²) < 4.78 is 19.6. The average molecular weight is 541 g/mol. The van der Waals surface area contributed by atoms with Crippen molar-refractivity contribution in [2.45, 2.75) is 165 Å². The fourth-order valence-electron chi connectivity index (χ4n) is 6.07. The van der Waals surface area contributed by atoms with Crippen LogP contribution in [0.15, 0.2) is 24.3 Å². The number of hydrogen-bond acceptors (Lipinski definition) is 8. The molecule has 0 aromatic carbocycles. The van der Waals surface area contributed by atoms with Crippen molar-refractivity contribution in [1.29, 1.82) is 0 Å². The maximum Gasteiger partial charge on any atom is 0.116 e. The molecule has 3 rings (SSSR count). The van der Waals surface area contributed by atoms with E-state index in [1.165, 1.54) is 0 Å². The van der Waals surface area contributed by atoms with Gasteiger partial charge in [-0.3, -0.25) is 5.26 Å². The van der Waals surface area contributed by atoms with E-state index in [0.29, 0.717) is 12.8 Å². The van der Waals surface area contributed by atoms with Crippen molar-refractivity contribution < 1.29 is 39.7 Å². The molecule has 0 aromatic heterocycles. The lowest BCUT2D eigenvalue weighted by molar-refractivity contribution is -0.297. The molecule has 0 radical (unpaired) electrons. The van der Waals surface area contributed by atoms with Crippen molar-refractivity contribution in [3.63, 3.8) is 0 Å². The lowest BCUT2D eigenvalue weighted by atomic mass is 9.89. The zero-order valence-electron chi connectivity index (χ0n) is 24.7. The molecule has 3 saturated heterocycles. The maximum atomic E-state index is 11.2. The van der Waals surface area contributed by atoms with Crippen LogP contribution in [0.3, 0.4) is 0 Å². The molecule has 0 aliphatic carbocycles. The van der Waals surface area contributed by atoms with Crippen molar-refractivity contribution in [3.8, 4) is 0 Å². The molecule has 4 N–H and O–H groups in total. The van der Waals surface area contributed by atoms with E-state index < -0.39 is 33.6 Å². The molecule has 3 fully saturated rings. The summed E-state index contributed by atoms with van der Waals surface area (Å²) >= 11 is 0. The minimum Gasteiger partial charge on any atom is -0.387 e. The van der Waals surface area contributed by atoms with Crippen LogP contribution in [0.1, 0.15) is 107 Å². The van der Waals surface area contributed by atoms with E-state index in [-0.39, 0.29) is 24.4 Å². The van der Waals surface area contributed by atoms with Crippen LogP contribution in [0.5, 0.6) is 0 Å². The van der Waals surface area contributed by atoms with Crippen LogP contribution in [-0.2, 0) is 19.1 Å². The Labute approximate surface area is 228 Å². The first-order valence-corrected chi connectivity index (χ1v) is 14.2. The molecule has 220 valence electrons. The summed E-state index contributed by atoms with van der Waals surface area (Å²) in [4.78, 5) is 4.44. The summed E-state index contributed by atoms with van der Waals surface area (Å²) in [6, 6.07) is 0. The third-order valence-corrected chi connectivity index (χ3v) is 8.74. The second kappa shape index (κ2) is 11.2. The molecule has 8 nitrogen and oxygen atoms in total. The highest BCUT2D eigenvalue weighted by molar-refractivity contribution is 5.07. The second-order valence-corrected chi connectivity index (χ2v) is 13.9. The van der Waals surface area contributed by atoms with Crippen molar-refractivity contribution in [2.24, 2.45) is 0 Å². The predicted octanol–water partition coefficient (Wildman–Crippen LogP) is 4.84. The van der Waals surface area contributed by atoms with Crippen LogP contribution in [0.2, 0.25) is 0 Å². The van der Waals surface area contributed by atoms with Crippen molar-refractivity contribution in [1.82, 2.24) is 0 Å². The molecule has 0 spiro atoms. The molecule has 3 aliphatic rings. The number of rotatable bonds is 11. The van der Waals surface area contributed by atoms with Gasteiger partial charge in [-0.05, 0) is 107 Å². The Bertz CT molecular complexity index is 857. The highest BCUT2D eigenvalue weighted by Crippen LogP contribution is 2.48. The van der Waals surface area contributed by atoms with Crippen molar-refractivity contribution in [3.05, 3.63) is 24.3 Å². The van der Waals surface area contributed by atoms with E-state index in [1.807, 2.05) is 12.2 Å². The summed E-state index contributed by atoms with van der Waals surface area (Å²) in [5, 5.41) is 41.2. The Kier molecular flexibility index (Phi) is 9.34. The van der Waals surface area contributed by atoms with Gasteiger partial charge in [0.15, 0.2) is 0 Å². The molecule has 8 unspecified atom stereocenters. The Morgan fingerprint density at radius 2 is 1.16 bits per heavy atom. The number of hydrogen-bond donors (Lipinski definition) is 4. The van der Waals surface area contributed by atoms with Crippen molar-refractivity contribution in [2.75, 3.05) is 0 Å². The van der Waals surface area contributed by atoms with Crippen LogP contribution in [0.4, 0.5) is 0 Å². The van der Waals surface area contributed by atoms with Crippen molar-refractivity contribution >= 4 is 0 Å². The highest BCUT2D eigenvalue weighted by Gasteiger charge is 2.55. The van der Waals surface area contributed by atoms with E-state index in [4.69, 9.17) is 19.5 Å². The zero-order valence-corrected chi connectivity index (χ0v) is 24.7. The Hall–Kier alpha value is -0.840. The summed E-state index contributed by atoms with van der Waals surface area (Å²) in [6.45, 7) is 14.6. The van der Waals surface area contributed by atoms with Gasteiger partial charge < -0.3 is 29.5 Å². The van der Waals surface area contributed by atoms with Gasteiger partial charge >= 0.3 is 0 Å². The summed E-state index contributed by atoms with van der Waals surface area (Å²) in [7, 11) is 0. The quantitative estimate of drug-likeness (QED) is 0.167. The first kappa shape index (κ1) is 31.7. The van der Waals surface area contributed by atoms with E-state index in [1.54, 1.807) is 53.7 Å². The largest absolute Gasteiger partial charge is 0.387 e. The van der Waals surface area contributed by atoms with Gasteiger partial charge in [-0.2, -0.15) is 0 Å². The van der Waals surface area contributed by atoms with Gasteiger partial charge in [0, 0.05) is 0 Å². The van der Waals surface area contributed by atoms with E-state index in [2.05, 4.69) is 18.7 Å². The van der Waals surface area contributed by atoms with Gasteiger partial charge in [-0.25, -0.2) is 4.89 Å². The molecular weight excluding hydrogens is 488 g/mol. The summed E-state index contributed by atoms with van der Waals surface area (Å²) in [6.07, 6.45) is 11.8. The number of aliphatic hydroxyl groups is 3. The smallest absolute Gasteiger partial charge is 0.116 e. The molecule has 38 heavy (non-hydrogen) atoms. The van der Waals surface area contributed by atoms with Gasteiger partial charge in [-0.1, -0.05) is 24.3 Å². The predicted molar refractivity (Wildman–Crippen MR) is 146 cm³/mol. The van der Waals surface area contributed by atoms with Gasteiger partial charge in [-0.15, -0.1) is 0 Å². The van der Waals surface area contributed by atoms with E-state index in [0.717, 1.165) is 38.5 Å². The Balaban J connectivity index is 1.57. The van der Waals surface area contributed by atoms with Crippen LogP contribution in [0, 0.1) is 0 Å². The van der Waals surface area contributed by atoms with E-state index >= 15 is 0 Å². The van der Waals surface area contributed by atoms with E-state index in [9.17, 15) is 15.3 Å². The monoisotopic (exact) mass is 540 g/mol. The minimum absolute atomic E-state index is 0.0937. The summed E-state index contributed by atoms with van der Waals surface area (Å²) in [5.41, 5.74) is -4.81. The third kappa shape index (κ3) is 7.67. The molecular formula is C30H52O8. The lowest BCUT2D eigenvalue weighted by Crippen LogP contribution is -2.47. The van der Waals surface area contributed by atoms with Gasteiger partial charge in [0.1, 0.15) is 5.60 Å². The third-order valence-electron chi connectivity index (χ3n) is 8.74. The average Bonchev–Trinajstić information content (AvgIpc) is 3.52. The van der Waals surface area contributed by atoms with Gasteiger partial charge in [0.25, 0.3) is 0 Å². The Morgan fingerprint density at radius 3 is 1.55 bits per heavy atom. The molecule has 0 bridgehead atoms. The molecule has 3 aliphatic heterocycles. The topological polar surface area (TPSA) is 118 Å². The first-order chi connectivity index (χ1) is 17.3. The molecule has 8 atom stereocenters. The fourth-order valence-corrected chi connectivity index (χ4v) is 6.07. The molecule has 0 amide bonds. The van der Waals surface area contributed by atoms with Crippen LogP contribution >= 0.6 is 0 Å². The highest BCUT2D eigenvalue weighted by atomic mass is 17.1. The minimum atomic E-state index is -1.06. The second-order valence-electron chi connectivity index (χ2n) is 13.9. The standard InChI is InChI=1S/C30H52O8/c1-25(2,31)15-9-17-27(5,32)21-13-19-29(7,36-21)23-11-12-24(35-23)30(8)20-14-22(37-30)28(6,33)18-10-16-26(3,4)38-34/h9-10,15-16,21-24,31-34H,11-14,17-20H2,1-8H3. The Morgan fingerprint density at radius 1 is 0.737 bits per heavy atom. The van der Waals surface area contributed by atoms with Crippen LogP contribution in [-0.4, -0.2) is 78.6 Å². The van der Waals surface area contributed by atoms with Gasteiger partial charge in [0.05, 0.1) is 52.4 Å². The molecule has 0 saturated carbocycles. The van der Waals surface area contributed by atoms with Crippen LogP contribution < -0.4 is 0 Å². The van der Waals surface area contributed by atoms with Crippen LogP contribution in [0.25, 0.3) is 0 Å². The first-order valence-electron chi connectivity index (χ1n) is 14.2. The fraction of sp³-hybridized carbons (Fsp3) is 0.867. The maximum absolute atomic E-state index is 11.2. The molecule has 8 heteroatoms. The van der Waals surface area contributed by atoms with Gasteiger partial charge in [0.2, 0.25) is 0 Å². The SMILES string of the molecule is CC(C)(O)C=CCC(C)(O)C1CCC(C)(C2CCC(C3(C)CCC(C(C)(O)CC=CC(C)(C)OO)O3)O2)O1. The number of ether oxygens (including phenoxy) is 3. The molecule has 3 heterocycles. The molecule has 0 aromatic rings.